The summed E-state index contributed by atoms with van der Waals surface area (Å²) < 4.78 is 0. The summed E-state index contributed by atoms with van der Waals surface area (Å²) in [6.07, 6.45) is 0. The third-order valence-electron chi connectivity index (χ3n) is 1.71. The second-order valence-corrected chi connectivity index (χ2v) is 3.45. The molecule has 0 aromatic rings. The molecule has 0 amide bonds. The molecule has 0 aliphatic heterocycles. The minimum absolute atomic E-state index is 0. The normalized spacial score (nSPS) is 10.3. The average molecular weight is 207 g/mol. The Morgan fingerprint density at radius 3 is 1.92 bits per heavy atom. The van der Waals surface area contributed by atoms with Crippen LogP contribution in [-0.4, -0.2) is 23.8 Å². The summed E-state index contributed by atoms with van der Waals surface area (Å²) in [5.41, 5.74) is 0. The van der Waals surface area contributed by atoms with E-state index in [1.807, 2.05) is 25.8 Å². The Bertz CT molecular complexity index is 134. The van der Waals surface area contributed by atoms with Crippen molar-refractivity contribution in [3.63, 3.8) is 0 Å². The smallest absolute Gasteiger partial charge is 0.0143 e. The van der Waals surface area contributed by atoms with Gasteiger partial charge in [-0.1, -0.05) is 27.7 Å². The maximum Gasteiger partial charge on any atom is 0.0143 e. The molecule has 0 bridgehead atoms. The summed E-state index contributed by atoms with van der Waals surface area (Å²) in [6.45, 7) is 9.61. The molecule has 3 heteroatoms. The first kappa shape index (κ1) is 14.6. The summed E-state index contributed by atoms with van der Waals surface area (Å²) >= 11 is 0. The van der Waals surface area contributed by atoms with Gasteiger partial charge in [-0.15, -0.1) is 0 Å². The van der Waals surface area contributed by atoms with Crippen LogP contribution < -0.4 is 0 Å². The molecule has 12 heavy (non-hydrogen) atoms. The first-order chi connectivity index (χ1) is 4.95. The van der Waals surface area contributed by atoms with Crippen molar-refractivity contribution in [1.29, 1.82) is 0 Å². The molecule has 0 spiro atoms. The van der Waals surface area contributed by atoms with Gasteiger partial charge in [0.15, 0.2) is 0 Å². The number of hydrogen-bond donors (Lipinski definition) is 0. The van der Waals surface area contributed by atoms with Gasteiger partial charge >= 0.3 is 0 Å². The quantitative estimate of drug-likeness (QED) is 0.654. The Labute approximate surface area is 87.6 Å². The van der Waals surface area contributed by atoms with Crippen LogP contribution in [0.3, 0.4) is 0 Å². The molecule has 0 heterocycles. The topological polar surface area (TPSA) is 20.3 Å². The first-order valence-corrected chi connectivity index (χ1v) is 4.05. The summed E-state index contributed by atoms with van der Waals surface area (Å²) in [5.74, 6) is 0.303. The fourth-order valence-electron chi connectivity index (χ4n) is 0.499. The molecule has 0 aliphatic carbocycles. The number of rotatable bonds is 4. The van der Waals surface area contributed by atoms with Gasteiger partial charge < -0.3 is 9.69 Å². The zero-order chi connectivity index (χ0) is 9.02. The summed E-state index contributed by atoms with van der Waals surface area (Å²) in [4.78, 5) is 13.1. The second kappa shape index (κ2) is 6.58. The molecular formula is C9H18NOV-. The fourth-order valence-corrected chi connectivity index (χ4v) is 0.499. The van der Waals surface area contributed by atoms with E-state index in [9.17, 15) is 4.79 Å². The zero-order valence-electron chi connectivity index (χ0n) is 8.53. The Hall–Kier alpha value is 0.0844. The Kier molecular flexibility index (Phi) is 8.01. The molecule has 71 valence electrons. The molecule has 0 rings (SSSR count). The number of likely N-dealkylation sites (N-methyl/N-ethyl adjacent to an activating group) is 1. The largest absolute Gasteiger partial charge is 0.435 e. The standard InChI is InChI=1S/C9H18NO.V/c1-7(2)9(11)6-10(5)8(3)4;/h6-8H,1-5H3;/q-1;. The Morgan fingerprint density at radius 2 is 1.67 bits per heavy atom. The maximum atomic E-state index is 11.2. The molecule has 0 saturated heterocycles. The van der Waals surface area contributed by atoms with Crippen molar-refractivity contribution in [2.45, 2.75) is 33.7 Å². The molecule has 0 atom stereocenters. The average Bonchev–Trinajstić information content (AvgIpc) is 1.87. The number of carbonyl (C=O) groups excluding carboxylic acids is 1. The predicted octanol–water partition coefficient (Wildman–Crippen LogP) is 1.71. The van der Waals surface area contributed by atoms with Crippen molar-refractivity contribution >= 4 is 5.78 Å². The number of ketones is 1. The molecule has 2 nitrogen and oxygen atoms in total. The van der Waals surface area contributed by atoms with E-state index in [4.69, 9.17) is 0 Å². The minimum Gasteiger partial charge on any atom is -0.435 e. The predicted molar refractivity (Wildman–Crippen MR) is 47.0 cm³/mol. The third-order valence-corrected chi connectivity index (χ3v) is 1.71. The molecule has 0 N–H and O–H groups in total. The van der Waals surface area contributed by atoms with E-state index >= 15 is 0 Å². The van der Waals surface area contributed by atoms with Gasteiger partial charge in [0.2, 0.25) is 0 Å². The van der Waals surface area contributed by atoms with Crippen molar-refractivity contribution in [3.8, 4) is 0 Å². The van der Waals surface area contributed by atoms with Crippen LogP contribution in [0.25, 0.3) is 0 Å². The van der Waals surface area contributed by atoms with Gasteiger partial charge in [-0.3, -0.25) is 6.54 Å². The molecule has 0 unspecified atom stereocenters. The first-order valence-electron chi connectivity index (χ1n) is 4.05. The summed E-state index contributed by atoms with van der Waals surface area (Å²) in [5, 5.41) is 0. The summed E-state index contributed by atoms with van der Waals surface area (Å²) in [7, 11) is 1.92. The Balaban J connectivity index is 0. The molecule has 0 saturated carbocycles. The van der Waals surface area contributed by atoms with Gasteiger partial charge in [-0.05, 0) is 19.0 Å². The van der Waals surface area contributed by atoms with Crippen LogP contribution >= 0.6 is 0 Å². The monoisotopic (exact) mass is 207 g/mol. The molecular weight excluding hydrogens is 189 g/mol. The van der Waals surface area contributed by atoms with Crippen LogP contribution in [0.2, 0.25) is 0 Å². The van der Waals surface area contributed by atoms with Crippen molar-refractivity contribution in [1.82, 2.24) is 4.90 Å². The van der Waals surface area contributed by atoms with Crippen molar-refractivity contribution in [2.24, 2.45) is 5.92 Å². The van der Waals surface area contributed by atoms with E-state index in [1.165, 1.54) is 0 Å². The molecule has 0 fully saturated rings. The van der Waals surface area contributed by atoms with Crippen molar-refractivity contribution in [3.05, 3.63) is 6.54 Å². The zero-order valence-corrected chi connectivity index (χ0v) is 9.93. The van der Waals surface area contributed by atoms with Gasteiger partial charge in [0.1, 0.15) is 0 Å². The third kappa shape index (κ3) is 5.70. The number of hydrogen-bond acceptors (Lipinski definition) is 2. The minimum atomic E-state index is 0. The van der Waals surface area contributed by atoms with E-state index in [-0.39, 0.29) is 30.3 Å². The Morgan fingerprint density at radius 1 is 1.25 bits per heavy atom. The van der Waals surface area contributed by atoms with Crippen molar-refractivity contribution < 1.29 is 23.4 Å². The molecule has 0 aliphatic rings. The van der Waals surface area contributed by atoms with Gasteiger partial charge in [0.05, 0.1) is 0 Å². The van der Waals surface area contributed by atoms with Crippen LogP contribution in [0.15, 0.2) is 0 Å². The maximum absolute atomic E-state index is 11.2. The molecule has 0 aromatic carbocycles. The molecule has 1 radical (unpaired) electrons. The molecule has 0 aromatic heterocycles. The van der Waals surface area contributed by atoms with Gasteiger partial charge in [0.25, 0.3) is 0 Å². The van der Waals surface area contributed by atoms with Crippen molar-refractivity contribution in [2.75, 3.05) is 7.05 Å². The van der Waals surface area contributed by atoms with Gasteiger partial charge in [-0.2, -0.15) is 0 Å². The van der Waals surface area contributed by atoms with Crippen LogP contribution in [0.4, 0.5) is 0 Å². The van der Waals surface area contributed by atoms with Gasteiger partial charge in [-0.25, -0.2) is 0 Å². The van der Waals surface area contributed by atoms with Crippen LogP contribution in [0.5, 0.6) is 0 Å². The SMILES string of the molecule is CC(C)C(=O)[CH-]N(C)C(C)C.[V]. The fraction of sp³-hybridized carbons (Fsp3) is 0.778. The summed E-state index contributed by atoms with van der Waals surface area (Å²) in [6, 6.07) is 0.401. The second-order valence-electron chi connectivity index (χ2n) is 3.45. The number of Topliss-reactive ketones (excluding diaryl/α,β-unsaturated/α-hetero) is 1. The van der Waals surface area contributed by atoms with Crippen LogP contribution in [0, 0.1) is 12.5 Å². The number of carbonyl (C=O) groups is 1. The van der Waals surface area contributed by atoms with E-state index < -0.39 is 0 Å². The number of nitrogens with zero attached hydrogens (tertiary/aromatic N) is 1. The van der Waals surface area contributed by atoms with E-state index in [0.29, 0.717) is 6.04 Å². The van der Waals surface area contributed by atoms with E-state index in [0.717, 1.165) is 0 Å². The van der Waals surface area contributed by atoms with E-state index in [2.05, 4.69) is 13.8 Å². The van der Waals surface area contributed by atoms with E-state index in [1.54, 1.807) is 6.54 Å². The van der Waals surface area contributed by atoms with Crippen LogP contribution in [0.1, 0.15) is 27.7 Å². The van der Waals surface area contributed by atoms with Gasteiger partial charge in [0, 0.05) is 24.3 Å². The van der Waals surface area contributed by atoms with Crippen LogP contribution in [-0.2, 0) is 23.4 Å².